The molecule has 118 valence electrons. The molecular formula is C17H16BrFN4. The lowest BCUT2D eigenvalue weighted by molar-refractivity contribution is 0.631. The number of hydrogen-bond donors (Lipinski definition) is 1. The molecule has 23 heavy (non-hydrogen) atoms. The Morgan fingerprint density at radius 2 is 1.91 bits per heavy atom. The average Bonchev–Trinajstić information content (AvgIpc) is 2.88. The Morgan fingerprint density at radius 1 is 1.22 bits per heavy atom. The van der Waals surface area contributed by atoms with E-state index in [-0.39, 0.29) is 5.69 Å². The summed E-state index contributed by atoms with van der Waals surface area (Å²) >= 11 is 3.36. The summed E-state index contributed by atoms with van der Waals surface area (Å²) in [6.45, 7) is 4.40. The summed E-state index contributed by atoms with van der Waals surface area (Å²) < 4.78 is 16.4. The molecule has 0 spiro atoms. The third-order valence-corrected chi connectivity index (χ3v) is 4.73. The van der Waals surface area contributed by atoms with Crippen molar-refractivity contribution in [2.45, 2.75) is 20.4 Å². The van der Waals surface area contributed by atoms with Gasteiger partial charge in [0.1, 0.15) is 11.5 Å². The van der Waals surface area contributed by atoms with E-state index in [9.17, 15) is 4.39 Å². The number of anilines is 1. The maximum Gasteiger partial charge on any atom is 0.147 e. The molecule has 0 saturated carbocycles. The minimum absolute atomic E-state index is 0.0977. The summed E-state index contributed by atoms with van der Waals surface area (Å²) in [5.74, 6) is -0.463. The van der Waals surface area contributed by atoms with E-state index in [2.05, 4.69) is 26.2 Å². The molecule has 0 bridgehead atoms. The lowest BCUT2D eigenvalue weighted by Gasteiger charge is -2.11. The van der Waals surface area contributed by atoms with Gasteiger partial charge in [0.15, 0.2) is 0 Å². The second-order valence-electron chi connectivity index (χ2n) is 5.42. The minimum atomic E-state index is -0.463. The molecule has 1 heterocycles. The summed E-state index contributed by atoms with van der Waals surface area (Å²) in [5.41, 5.74) is 10.1. The second kappa shape index (κ2) is 6.12. The predicted molar refractivity (Wildman–Crippen MR) is 92.5 cm³/mol. The van der Waals surface area contributed by atoms with Gasteiger partial charge in [0.05, 0.1) is 17.9 Å². The van der Waals surface area contributed by atoms with Crippen molar-refractivity contribution in [1.29, 1.82) is 0 Å². The van der Waals surface area contributed by atoms with Crippen molar-refractivity contribution in [1.82, 2.24) is 15.0 Å². The Morgan fingerprint density at radius 3 is 2.61 bits per heavy atom. The van der Waals surface area contributed by atoms with Crippen molar-refractivity contribution in [3.05, 3.63) is 63.5 Å². The molecule has 3 rings (SSSR count). The highest BCUT2D eigenvalue weighted by Gasteiger charge is 2.20. The van der Waals surface area contributed by atoms with Crippen molar-refractivity contribution in [2.24, 2.45) is 0 Å². The Labute approximate surface area is 142 Å². The van der Waals surface area contributed by atoms with Gasteiger partial charge in [0.25, 0.3) is 0 Å². The van der Waals surface area contributed by atoms with E-state index < -0.39 is 5.82 Å². The third kappa shape index (κ3) is 2.86. The molecule has 0 unspecified atom stereocenters. The Hall–Kier alpha value is -2.21. The van der Waals surface area contributed by atoms with Gasteiger partial charge < -0.3 is 5.73 Å². The van der Waals surface area contributed by atoms with E-state index in [0.717, 1.165) is 16.8 Å². The third-order valence-electron chi connectivity index (χ3n) is 3.91. The Kier molecular flexibility index (Phi) is 4.17. The van der Waals surface area contributed by atoms with E-state index >= 15 is 0 Å². The van der Waals surface area contributed by atoms with Crippen LogP contribution in [0.3, 0.4) is 0 Å². The normalized spacial score (nSPS) is 11.0. The van der Waals surface area contributed by atoms with E-state index in [1.54, 1.807) is 4.68 Å². The predicted octanol–water partition coefficient (Wildman–Crippen LogP) is 4.09. The monoisotopic (exact) mass is 374 g/mol. The molecule has 0 aliphatic carbocycles. The molecule has 3 aromatic rings. The molecule has 0 atom stereocenters. The molecule has 0 fully saturated rings. The first-order valence-corrected chi connectivity index (χ1v) is 7.96. The minimum Gasteiger partial charge on any atom is -0.396 e. The number of hydrogen-bond acceptors (Lipinski definition) is 3. The lowest BCUT2D eigenvalue weighted by atomic mass is 10.0. The number of benzene rings is 2. The van der Waals surface area contributed by atoms with Gasteiger partial charge in [-0.15, -0.1) is 5.10 Å². The lowest BCUT2D eigenvalue weighted by Crippen LogP contribution is -2.04. The van der Waals surface area contributed by atoms with Gasteiger partial charge in [0, 0.05) is 10.0 Å². The average molecular weight is 375 g/mol. The summed E-state index contributed by atoms with van der Waals surface area (Å²) in [6, 6.07) is 11.4. The number of rotatable bonds is 3. The van der Waals surface area contributed by atoms with Crippen LogP contribution in [0.25, 0.3) is 11.3 Å². The van der Waals surface area contributed by atoms with Crippen LogP contribution in [0, 0.1) is 19.7 Å². The van der Waals surface area contributed by atoms with Crippen molar-refractivity contribution in [3.63, 3.8) is 0 Å². The van der Waals surface area contributed by atoms with Crippen LogP contribution in [0.5, 0.6) is 0 Å². The molecular weight excluding hydrogens is 359 g/mol. The zero-order valence-corrected chi connectivity index (χ0v) is 14.4. The van der Waals surface area contributed by atoms with Gasteiger partial charge in [-0.2, -0.15) is 0 Å². The molecule has 6 heteroatoms. The first-order chi connectivity index (χ1) is 11.0. The fourth-order valence-corrected chi connectivity index (χ4v) is 2.94. The van der Waals surface area contributed by atoms with Gasteiger partial charge in [0.2, 0.25) is 0 Å². The Bertz CT molecular complexity index is 833. The first kappa shape index (κ1) is 15.7. The number of nitrogens with zero attached hydrogens (tertiary/aromatic N) is 3. The molecule has 4 nitrogen and oxygen atoms in total. The summed E-state index contributed by atoms with van der Waals surface area (Å²) in [5, 5.41) is 8.43. The van der Waals surface area contributed by atoms with Gasteiger partial charge in [-0.3, -0.25) is 0 Å². The molecule has 0 radical (unpaired) electrons. The number of nitrogen functional groups attached to an aromatic ring is 1. The van der Waals surface area contributed by atoms with Crippen molar-refractivity contribution in [2.75, 3.05) is 5.73 Å². The van der Waals surface area contributed by atoms with Crippen LogP contribution in [-0.4, -0.2) is 15.0 Å². The van der Waals surface area contributed by atoms with Gasteiger partial charge in [-0.05, 0) is 31.0 Å². The quantitative estimate of drug-likeness (QED) is 0.702. The maximum absolute atomic E-state index is 14.0. The highest BCUT2D eigenvalue weighted by Crippen LogP contribution is 2.36. The highest BCUT2D eigenvalue weighted by molar-refractivity contribution is 9.10. The largest absolute Gasteiger partial charge is 0.396 e. The van der Waals surface area contributed by atoms with Gasteiger partial charge >= 0.3 is 0 Å². The second-order valence-corrected chi connectivity index (χ2v) is 6.27. The van der Waals surface area contributed by atoms with Gasteiger partial charge in [-0.1, -0.05) is 51.5 Å². The van der Waals surface area contributed by atoms with Crippen molar-refractivity contribution < 1.29 is 4.39 Å². The van der Waals surface area contributed by atoms with Crippen LogP contribution < -0.4 is 5.73 Å². The first-order valence-electron chi connectivity index (χ1n) is 7.17. The topological polar surface area (TPSA) is 56.7 Å². The molecule has 2 N–H and O–H groups in total. The van der Waals surface area contributed by atoms with Crippen molar-refractivity contribution in [3.8, 4) is 11.3 Å². The molecule has 2 aromatic carbocycles. The smallest absolute Gasteiger partial charge is 0.147 e. The SMILES string of the molecule is Cc1c(Br)cc(F)c(N)c1-c1nnn(Cc2ccccc2)c1C. The summed E-state index contributed by atoms with van der Waals surface area (Å²) in [7, 11) is 0. The zero-order valence-electron chi connectivity index (χ0n) is 12.8. The van der Waals surface area contributed by atoms with Crippen LogP contribution in [0.2, 0.25) is 0 Å². The molecule has 0 amide bonds. The number of halogens is 2. The number of aromatic nitrogens is 3. The van der Waals surface area contributed by atoms with E-state index in [1.807, 2.05) is 44.2 Å². The van der Waals surface area contributed by atoms with E-state index in [0.29, 0.717) is 22.3 Å². The van der Waals surface area contributed by atoms with Gasteiger partial charge in [-0.25, -0.2) is 9.07 Å². The highest BCUT2D eigenvalue weighted by atomic mass is 79.9. The number of nitrogens with two attached hydrogens (primary N) is 1. The van der Waals surface area contributed by atoms with Crippen molar-refractivity contribution >= 4 is 21.6 Å². The zero-order chi connectivity index (χ0) is 16.6. The van der Waals surface area contributed by atoms with Crippen LogP contribution >= 0.6 is 15.9 Å². The molecule has 0 aliphatic heterocycles. The summed E-state index contributed by atoms with van der Waals surface area (Å²) in [4.78, 5) is 0. The molecule has 1 aromatic heterocycles. The maximum atomic E-state index is 14.0. The van der Waals surface area contributed by atoms with Crippen LogP contribution in [0.15, 0.2) is 40.9 Å². The van der Waals surface area contributed by atoms with E-state index in [4.69, 9.17) is 5.73 Å². The fourth-order valence-electron chi connectivity index (χ4n) is 2.54. The van der Waals surface area contributed by atoms with Crippen LogP contribution in [0.4, 0.5) is 10.1 Å². The molecule has 0 saturated heterocycles. The van der Waals surface area contributed by atoms with Crippen LogP contribution in [-0.2, 0) is 6.54 Å². The summed E-state index contributed by atoms with van der Waals surface area (Å²) in [6.07, 6.45) is 0. The Balaban J connectivity index is 2.07. The van der Waals surface area contributed by atoms with Crippen LogP contribution in [0.1, 0.15) is 16.8 Å². The van der Waals surface area contributed by atoms with E-state index in [1.165, 1.54) is 6.07 Å². The fraction of sp³-hybridized carbons (Fsp3) is 0.176. The standard InChI is InChI=1S/C17H16BrFN4/c1-10-13(18)8-14(19)16(20)15(10)17-11(2)23(22-21-17)9-12-6-4-3-5-7-12/h3-8H,9,20H2,1-2H3. The molecule has 0 aliphatic rings.